The highest BCUT2D eigenvalue weighted by Crippen LogP contribution is 1.90. The highest BCUT2D eigenvalue weighted by Gasteiger charge is 2.03. The molecule has 0 saturated heterocycles. The quantitative estimate of drug-likeness (QED) is 0.634. The zero-order chi connectivity index (χ0) is 10.3. The Kier molecular flexibility index (Phi) is 7.23. The van der Waals surface area contributed by atoms with Gasteiger partial charge in [0.15, 0.2) is 0 Å². The van der Waals surface area contributed by atoms with Crippen LogP contribution in [0.25, 0.3) is 0 Å². The number of rotatable bonds is 7. The second kappa shape index (κ2) is 7.30. The third-order valence-electron chi connectivity index (χ3n) is 2.29. The van der Waals surface area contributed by atoms with E-state index in [-0.39, 0.29) is 6.04 Å². The highest BCUT2D eigenvalue weighted by molar-refractivity contribution is 4.62. The number of nitrogens with zero attached hydrogens (tertiary/aromatic N) is 2. The first-order chi connectivity index (χ1) is 6.10. The van der Waals surface area contributed by atoms with Crippen LogP contribution in [-0.2, 0) is 0 Å². The lowest BCUT2D eigenvalue weighted by Gasteiger charge is -2.23. The maximum Gasteiger partial charge on any atom is 0.0139 e. The molecule has 0 aliphatic rings. The Balaban J connectivity index is 3.49. The molecule has 3 heteroatoms. The Hall–Kier alpha value is -0.120. The van der Waals surface area contributed by atoms with E-state index >= 15 is 0 Å². The molecule has 80 valence electrons. The predicted molar refractivity (Wildman–Crippen MR) is 58.9 cm³/mol. The molecule has 1 unspecified atom stereocenters. The minimum Gasteiger partial charge on any atom is -0.327 e. The van der Waals surface area contributed by atoms with Gasteiger partial charge in [0.2, 0.25) is 0 Å². The van der Waals surface area contributed by atoms with Crippen molar-refractivity contribution in [2.24, 2.45) is 5.73 Å². The molecule has 3 nitrogen and oxygen atoms in total. The average Bonchev–Trinajstić information content (AvgIpc) is 2.05. The molecule has 0 aliphatic heterocycles. The first-order valence-corrected chi connectivity index (χ1v) is 5.26. The molecule has 0 aromatic rings. The number of nitrogens with two attached hydrogens (primary N) is 1. The Morgan fingerprint density at radius 2 is 1.69 bits per heavy atom. The summed E-state index contributed by atoms with van der Waals surface area (Å²) in [6.45, 7) is 12.0. The van der Waals surface area contributed by atoms with Gasteiger partial charge in [0, 0.05) is 25.7 Å². The second-order valence-electron chi connectivity index (χ2n) is 3.77. The van der Waals surface area contributed by atoms with Crippen molar-refractivity contribution in [1.29, 1.82) is 0 Å². The lowest BCUT2D eigenvalue weighted by molar-refractivity contribution is 0.235. The third kappa shape index (κ3) is 6.99. The van der Waals surface area contributed by atoms with E-state index < -0.39 is 0 Å². The molecule has 0 aromatic carbocycles. The summed E-state index contributed by atoms with van der Waals surface area (Å²) in [4.78, 5) is 4.72. The van der Waals surface area contributed by atoms with E-state index in [9.17, 15) is 0 Å². The van der Waals surface area contributed by atoms with Crippen molar-refractivity contribution < 1.29 is 0 Å². The number of likely N-dealkylation sites (N-methyl/N-ethyl adjacent to an activating group) is 2. The van der Waals surface area contributed by atoms with Crippen molar-refractivity contribution in [1.82, 2.24) is 9.80 Å². The predicted octanol–water partition coefficient (Wildman–Crippen LogP) is 0.607. The summed E-state index contributed by atoms with van der Waals surface area (Å²) >= 11 is 0. The molecule has 0 fully saturated rings. The van der Waals surface area contributed by atoms with E-state index in [4.69, 9.17) is 5.73 Å². The zero-order valence-electron chi connectivity index (χ0n) is 9.58. The lowest BCUT2D eigenvalue weighted by atomic mass is 10.3. The Bertz CT molecular complexity index is 111. The number of hydrogen-bond acceptors (Lipinski definition) is 3. The second-order valence-corrected chi connectivity index (χ2v) is 3.77. The van der Waals surface area contributed by atoms with E-state index in [0.29, 0.717) is 0 Å². The van der Waals surface area contributed by atoms with Crippen LogP contribution in [0.5, 0.6) is 0 Å². The van der Waals surface area contributed by atoms with E-state index in [1.165, 1.54) is 0 Å². The molecule has 1 atom stereocenters. The van der Waals surface area contributed by atoms with Crippen molar-refractivity contribution in [2.75, 3.05) is 39.8 Å². The molecule has 0 heterocycles. The van der Waals surface area contributed by atoms with Gasteiger partial charge < -0.3 is 15.5 Å². The van der Waals surface area contributed by atoms with E-state index in [1.54, 1.807) is 0 Å². The van der Waals surface area contributed by atoms with Crippen molar-refractivity contribution in [2.45, 2.75) is 26.8 Å². The van der Waals surface area contributed by atoms with Crippen LogP contribution in [0.2, 0.25) is 0 Å². The molecule has 0 amide bonds. The van der Waals surface area contributed by atoms with Gasteiger partial charge in [-0.05, 0) is 27.1 Å². The van der Waals surface area contributed by atoms with Gasteiger partial charge in [-0.3, -0.25) is 0 Å². The maximum absolute atomic E-state index is 5.71. The fourth-order valence-corrected chi connectivity index (χ4v) is 1.43. The van der Waals surface area contributed by atoms with Gasteiger partial charge in [-0.2, -0.15) is 0 Å². The standard InChI is InChI=1S/C10H25N3/c1-5-13(6-2)8-7-12(4)9-10(3)11/h10H,5-9,11H2,1-4H3. The van der Waals surface area contributed by atoms with E-state index in [0.717, 1.165) is 32.7 Å². The fourth-order valence-electron chi connectivity index (χ4n) is 1.43. The zero-order valence-corrected chi connectivity index (χ0v) is 9.58. The number of hydrogen-bond donors (Lipinski definition) is 1. The van der Waals surface area contributed by atoms with Crippen LogP contribution in [0, 0.1) is 0 Å². The summed E-state index contributed by atoms with van der Waals surface area (Å²) in [7, 11) is 2.13. The topological polar surface area (TPSA) is 32.5 Å². The van der Waals surface area contributed by atoms with Crippen LogP contribution in [0.4, 0.5) is 0 Å². The average molecular weight is 187 g/mol. The highest BCUT2D eigenvalue weighted by atomic mass is 15.2. The van der Waals surface area contributed by atoms with E-state index in [2.05, 4.69) is 30.7 Å². The molecular weight excluding hydrogens is 162 g/mol. The van der Waals surface area contributed by atoms with Crippen LogP contribution < -0.4 is 5.73 Å². The molecule has 0 aliphatic carbocycles. The minimum absolute atomic E-state index is 0.279. The summed E-state index contributed by atoms with van der Waals surface area (Å²) in [6.07, 6.45) is 0. The van der Waals surface area contributed by atoms with Crippen LogP contribution in [0.3, 0.4) is 0 Å². The molecule has 0 radical (unpaired) electrons. The van der Waals surface area contributed by atoms with E-state index in [1.807, 2.05) is 6.92 Å². The van der Waals surface area contributed by atoms with Crippen molar-refractivity contribution >= 4 is 0 Å². The fraction of sp³-hybridized carbons (Fsp3) is 1.00. The summed E-state index contributed by atoms with van der Waals surface area (Å²) in [5.74, 6) is 0. The normalized spacial score (nSPS) is 14.1. The van der Waals surface area contributed by atoms with Gasteiger partial charge in [0.25, 0.3) is 0 Å². The van der Waals surface area contributed by atoms with Gasteiger partial charge in [0.1, 0.15) is 0 Å². The van der Waals surface area contributed by atoms with Crippen LogP contribution in [-0.4, -0.2) is 55.6 Å². The summed E-state index contributed by atoms with van der Waals surface area (Å²) in [5, 5.41) is 0. The molecule has 0 aromatic heterocycles. The van der Waals surface area contributed by atoms with Crippen molar-refractivity contribution in [3.8, 4) is 0 Å². The first-order valence-electron chi connectivity index (χ1n) is 5.26. The monoisotopic (exact) mass is 187 g/mol. The molecular formula is C10H25N3. The molecule has 0 saturated carbocycles. The van der Waals surface area contributed by atoms with Gasteiger partial charge in [0.05, 0.1) is 0 Å². The third-order valence-corrected chi connectivity index (χ3v) is 2.29. The molecule has 0 rings (SSSR count). The molecule has 0 spiro atoms. The smallest absolute Gasteiger partial charge is 0.0139 e. The van der Waals surface area contributed by atoms with Gasteiger partial charge in [-0.15, -0.1) is 0 Å². The SMILES string of the molecule is CCN(CC)CCN(C)CC(C)N. The van der Waals surface area contributed by atoms with Crippen molar-refractivity contribution in [3.63, 3.8) is 0 Å². The summed E-state index contributed by atoms with van der Waals surface area (Å²) in [6, 6.07) is 0.279. The minimum atomic E-state index is 0.279. The molecule has 13 heavy (non-hydrogen) atoms. The Morgan fingerprint density at radius 1 is 1.15 bits per heavy atom. The Labute approximate surface area is 82.9 Å². The lowest BCUT2D eigenvalue weighted by Crippen LogP contribution is -2.38. The molecule has 0 bridgehead atoms. The first kappa shape index (κ1) is 12.9. The van der Waals surface area contributed by atoms with Gasteiger partial charge in [-0.25, -0.2) is 0 Å². The van der Waals surface area contributed by atoms with Gasteiger partial charge in [-0.1, -0.05) is 13.8 Å². The molecule has 2 N–H and O–H groups in total. The maximum atomic E-state index is 5.71. The van der Waals surface area contributed by atoms with Crippen LogP contribution in [0.1, 0.15) is 20.8 Å². The largest absolute Gasteiger partial charge is 0.327 e. The summed E-state index contributed by atoms with van der Waals surface area (Å²) < 4.78 is 0. The van der Waals surface area contributed by atoms with Crippen LogP contribution in [0.15, 0.2) is 0 Å². The van der Waals surface area contributed by atoms with Crippen LogP contribution >= 0.6 is 0 Å². The van der Waals surface area contributed by atoms with Crippen molar-refractivity contribution in [3.05, 3.63) is 0 Å². The van der Waals surface area contributed by atoms with Gasteiger partial charge >= 0.3 is 0 Å². The Morgan fingerprint density at radius 3 is 2.08 bits per heavy atom. The summed E-state index contributed by atoms with van der Waals surface area (Å²) in [5.41, 5.74) is 5.71.